The van der Waals surface area contributed by atoms with E-state index in [4.69, 9.17) is 18.2 Å². The van der Waals surface area contributed by atoms with E-state index in [9.17, 15) is 0 Å². The summed E-state index contributed by atoms with van der Waals surface area (Å²) in [6, 6.07) is 0. The van der Waals surface area contributed by atoms with Crippen LogP contribution in [-0.4, -0.2) is 69.6 Å². The fraction of sp³-hybridized carbons (Fsp3) is 0. The molecule has 0 fully saturated rings. The zero-order valence-electron chi connectivity index (χ0n) is 3.49. The monoisotopic (exact) mass is 192 g/mol. The molecule has 0 saturated heterocycles. The van der Waals surface area contributed by atoms with Crippen LogP contribution < -0.4 is 51.4 Å². The van der Waals surface area contributed by atoms with Crippen molar-refractivity contribution in [1.82, 2.24) is 0 Å². The van der Waals surface area contributed by atoms with Crippen LogP contribution in [0.1, 0.15) is 0 Å². The quantitative estimate of drug-likeness (QED) is 0.148. The predicted octanol–water partition coefficient (Wildman–Crippen LogP) is -4.71. The Morgan fingerprint density at radius 1 is 1.50 bits per heavy atom. The van der Waals surface area contributed by atoms with Gasteiger partial charge in [-0.3, -0.25) is 0 Å². The van der Waals surface area contributed by atoms with Crippen molar-refractivity contribution in [2.75, 3.05) is 0 Å². The van der Waals surface area contributed by atoms with Crippen molar-refractivity contribution in [3.63, 3.8) is 0 Å². The molecule has 1 N–H and O–H groups in total. The van der Waals surface area contributed by atoms with Crippen molar-refractivity contribution in [3.8, 4) is 0 Å². The number of hydrogen-bond donors (Lipinski definition) is 1. The van der Waals surface area contributed by atoms with Crippen molar-refractivity contribution in [3.05, 3.63) is 0 Å². The summed E-state index contributed by atoms with van der Waals surface area (Å²) >= 11 is 0. The van der Waals surface area contributed by atoms with E-state index < -0.39 is 10.4 Å². The van der Waals surface area contributed by atoms with E-state index >= 15 is 0 Å². The second-order valence-corrected chi connectivity index (χ2v) is 1.45. The average molecular weight is 192 g/mol. The zero-order valence-corrected chi connectivity index (χ0v) is 7.43. The van der Waals surface area contributed by atoms with E-state index in [1.165, 1.54) is 0 Å². The fourth-order valence-electron chi connectivity index (χ4n) is 0. The molecule has 0 atom stereocenters. The molecule has 8 heteroatoms. The molecule has 0 rings (SSSR count). The first-order chi connectivity index (χ1) is 2.56. The van der Waals surface area contributed by atoms with Crippen LogP contribution in [0, 0.1) is 0 Å². The van der Waals surface area contributed by atoms with Crippen LogP contribution in [0.25, 0.3) is 0 Å². The van der Waals surface area contributed by atoms with Crippen molar-refractivity contribution >= 4 is 61.8 Å². The first kappa shape index (κ1) is 17.3. The third kappa shape index (κ3) is 16.0. The third-order valence-electron chi connectivity index (χ3n) is 0.0913. The predicted molar refractivity (Wildman–Crippen MR) is 20.6 cm³/mol. The van der Waals surface area contributed by atoms with E-state index in [1.807, 2.05) is 0 Å². The Hall–Kier alpha value is 3.10. The van der Waals surface area contributed by atoms with Gasteiger partial charge in [-0.05, 0) is 0 Å². The summed E-state index contributed by atoms with van der Waals surface area (Å²) in [6.07, 6.45) is 0. The topological polar surface area (TPSA) is 86.7 Å². The van der Waals surface area contributed by atoms with Gasteiger partial charge in [-0.1, -0.05) is 0 Å². The molecule has 5 nitrogen and oxygen atoms in total. The van der Waals surface area contributed by atoms with E-state index in [2.05, 4.69) is 4.33 Å². The van der Waals surface area contributed by atoms with Crippen LogP contribution in [-0.2, 0) is 14.7 Å². The van der Waals surface area contributed by atoms with Crippen LogP contribution in [0.15, 0.2) is 0 Å². The molecule has 0 radical (unpaired) electrons. The van der Waals surface area contributed by atoms with Gasteiger partial charge >= 0.3 is 103 Å². The molecule has 0 aliphatic rings. The van der Waals surface area contributed by atoms with E-state index in [0.717, 1.165) is 0 Å². The standard InChI is InChI=1S/2K.H2O5S.H/c;;1-5-6(2,3)4;/h;;1H,(H,2,3,4);/q;+1;;/p-1. The average Bonchev–Trinajstić information content (AvgIpc) is 1.35. The summed E-state index contributed by atoms with van der Waals surface area (Å²) in [5.41, 5.74) is 0. The van der Waals surface area contributed by atoms with Gasteiger partial charge in [-0.15, -0.1) is 4.33 Å². The molecule has 0 amide bonds. The molecule has 0 unspecified atom stereocenters. The van der Waals surface area contributed by atoms with Crippen molar-refractivity contribution in [1.29, 1.82) is 0 Å². The first-order valence-electron chi connectivity index (χ1n) is 0.849. The molecule has 0 aromatic carbocycles. The van der Waals surface area contributed by atoms with E-state index in [-0.39, 0.29) is 103 Å². The first-order valence-corrected chi connectivity index (χ1v) is 2.18. The second-order valence-electron chi connectivity index (χ2n) is 0.483. The van der Waals surface area contributed by atoms with Gasteiger partial charge in [0, 0.05) is 0 Å². The van der Waals surface area contributed by atoms with E-state index in [1.54, 1.807) is 0 Å². The minimum atomic E-state index is -4.86. The summed E-state index contributed by atoms with van der Waals surface area (Å²) in [5, 5.41) is 7.00. The maximum absolute atomic E-state index is 8.97. The summed E-state index contributed by atoms with van der Waals surface area (Å²) in [4.78, 5) is 0. The summed E-state index contributed by atoms with van der Waals surface area (Å²) < 4.78 is 29.3. The SMILES string of the molecule is O=S(=O)([O-])OO.[K+].[KH]. The van der Waals surface area contributed by atoms with E-state index in [0.29, 0.717) is 0 Å². The van der Waals surface area contributed by atoms with Gasteiger partial charge in [0.2, 0.25) is 10.4 Å². The minimum absolute atomic E-state index is 0. The Labute approximate surface area is 132 Å². The van der Waals surface area contributed by atoms with Gasteiger partial charge in [0.1, 0.15) is 0 Å². The maximum atomic E-state index is 8.97. The van der Waals surface area contributed by atoms with Crippen molar-refractivity contribution < 1.29 is 73.9 Å². The summed E-state index contributed by atoms with van der Waals surface area (Å²) in [5.74, 6) is 0. The Balaban J connectivity index is -0.000000125. The van der Waals surface area contributed by atoms with Gasteiger partial charge in [0.05, 0.1) is 0 Å². The molecule has 0 aliphatic heterocycles. The van der Waals surface area contributed by atoms with Crippen LogP contribution in [0.2, 0.25) is 0 Å². The molecule has 0 aliphatic carbocycles. The molecule has 0 heterocycles. The van der Waals surface area contributed by atoms with Crippen LogP contribution in [0.5, 0.6) is 0 Å². The molecule has 0 aromatic heterocycles. The van der Waals surface area contributed by atoms with Crippen molar-refractivity contribution in [2.45, 2.75) is 0 Å². The van der Waals surface area contributed by atoms with Crippen LogP contribution in [0.3, 0.4) is 0 Å². The molecule has 0 saturated carbocycles. The second kappa shape index (κ2) is 8.20. The van der Waals surface area contributed by atoms with Crippen LogP contribution in [0.4, 0.5) is 0 Å². The third-order valence-corrected chi connectivity index (χ3v) is 0.274. The number of hydrogen-bond acceptors (Lipinski definition) is 5. The van der Waals surface area contributed by atoms with Gasteiger partial charge in [-0.25, -0.2) is 13.7 Å². The van der Waals surface area contributed by atoms with Gasteiger partial charge < -0.3 is 4.55 Å². The molecule has 8 heavy (non-hydrogen) atoms. The molecule has 0 spiro atoms. The van der Waals surface area contributed by atoms with Crippen LogP contribution >= 0.6 is 0 Å². The summed E-state index contributed by atoms with van der Waals surface area (Å²) in [7, 11) is -4.86. The molecular formula is H2K2O5S. The zero-order chi connectivity index (χ0) is 5.21. The Bertz CT molecular complexity index is 112. The Morgan fingerprint density at radius 3 is 1.62 bits per heavy atom. The van der Waals surface area contributed by atoms with Gasteiger partial charge in [0.25, 0.3) is 0 Å². The molecular weight excluding hydrogens is 190 g/mol. The fourth-order valence-corrected chi connectivity index (χ4v) is 0. The van der Waals surface area contributed by atoms with Crippen molar-refractivity contribution in [2.24, 2.45) is 0 Å². The Morgan fingerprint density at radius 2 is 1.62 bits per heavy atom. The molecule has 40 valence electrons. The summed E-state index contributed by atoms with van der Waals surface area (Å²) in [6.45, 7) is 0. The number of rotatable bonds is 1. The molecule has 0 aromatic rings. The molecule has 0 bridgehead atoms. The van der Waals surface area contributed by atoms with Gasteiger partial charge in [-0.2, -0.15) is 0 Å². The normalized spacial score (nSPS) is 8.75. The Kier molecular flexibility index (Phi) is 17.7. The van der Waals surface area contributed by atoms with Gasteiger partial charge in [0.15, 0.2) is 0 Å².